The lowest BCUT2D eigenvalue weighted by Crippen LogP contribution is -2.49. The Balaban J connectivity index is 1.51. The van der Waals surface area contributed by atoms with Crippen LogP contribution in [0.15, 0.2) is 36.7 Å². The molecule has 1 aliphatic heterocycles. The van der Waals surface area contributed by atoms with Gasteiger partial charge in [0, 0.05) is 56.4 Å². The second-order valence-corrected chi connectivity index (χ2v) is 7.07. The van der Waals surface area contributed by atoms with Crippen LogP contribution in [0, 0.1) is 0 Å². The maximum atomic E-state index is 13.2. The van der Waals surface area contributed by atoms with Crippen molar-refractivity contribution in [1.29, 1.82) is 0 Å². The fraction of sp³-hybridized carbons (Fsp3) is 0.421. The first-order valence-corrected chi connectivity index (χ1v) is 9.28. The average molecular weight is 368 g/mol. The Labute approximate surface area is 157 Å². The lowest BCUT2D eigenvalue weighted by atomic mass is 10.1. The Morgan fingerprint density at radius 3 is 2.89 bits per heavy atom. The molecule has 0 radical (unpaired) electrons. The van der Waals surface area contributed by atoms with E-state index in [1.807, 2.05) is 22.7 Å². The Hall–Kier alpha value is -2.87. The van der Waals surface area contributed by atoms with Gasteiger partial charge in [-0.05, 0) is 31.0 Å². The first kappa shape index (κ1) is 17.5. The third-order valence-electron chi connectivity index (χ3n) is 4.94. The van der Waals surface area contributed by atoms with Gasteiger partial charge in [-0.2, -0.15) is 0 Å². The zero-order valence-corrected chi connectivity index (χ0v) is 15.3. The molecule has 3 amide bonds. The number of amides is 3. The molecule has 1 atom stereocenters. The Morgan fingerprint density at radius 2 is 2.15 bits per heavy atom. The maximum Gasteiger partial charge on any atom is 0.319 e. The van der Waals surface area contributed by atoms with Gasteiger partial charge in [-0.1, -0.05) is 6.07 Å². The number of nitrogens with zero attached hydrogens (tertiary/aromatic N) is 3. The molecular weight excluding hydrogens is 344 g/mol. The highest BCUT2D eigenvalue weighted by molar-refractivity contribution is 5.97. The summed E-state index contributed by atoms with van der Waals surface area (Å²) in [6, 6.07) is 7.02. The maximum absolute atomic E-state index is 13.2. The van der Waals surface area contributed by atoms with Crippen molar-refractivity contribution in [2.24, 2.45) is 7.05 Å². The number of rotatable bonds is 4. The molecule has 1 aliphatic carbocycles. The monoisotopic (exact) mass is 368 g/mol. The lowest BCUT2D eigenvalue weighted by molar-refractivity contribution is 0.0621. The summed E-state index contributed by atoms with van der Waals surface area (Å²) < 4.78 is 1.94. The van der Waals surface area contributed by atoms with Crippen LogP contribution in [0.2, 0.25) is 0 Å². The van der Waals surface area contributed by atoms with E-state index in [0.717, 1.165) is 25.2 Å². The van der Waals surface area contributed by atoms with E-state index in [1.165, 1.54) is 0 Å². The van der Waals surface area contributed by atoms with Crippen molar-refractivity contribution in [3.8, 4) is 0 Å². The van der Waals surface area contributed by atoms with Crippen LogP contribution in [0.1, 0.15) is 35.1 Å². The van der Waals surface area contributed by atoms with Gasteiger partial charge in [0.25, 0.3) is 5.91 Å². The van der Waals surface area contributed by atoms with E-state index in [9.17, 15) is 9.59 Å². The number of carbonyl (C=O) groups is 2. The predicted octanol–water partition coefficient (Wildman–Crippen LogP) is 1.49. The minimum absolute atomic E-state index is 0.0595. The molecule has 4 rings (SSSR count). The number of hydrogen-bond donors (Lipinski definition) is 3. The van der Waals surface area contributed by atoms with Crippen molar-refractivity contribution in [3.05, 3.63) is 48.0 Å². The van der Waals surface area contributed by atoms with E-state index < -0.39 is 0 Å². The fourth-order valence-corrected chi connectivity index (χ4v) is 3.35. The summed E-state index contributed by atoms with van der Waals surface area (Å²) >= 11 is 0. The van der Waals surface area contributed by atoms with Crippen molar-refractivity contribution in [2.45, 2.75) is 24.9 Å². The van der Waals surface area contributed by atoms with Crippen molar-refractivity contribution in [2.75, 3.05) is 25.0 Å². The summed E-state index contributed by atoms with van der Waals surface area (Å²) in [6.07, 6.45) is 5.69. The summed E-state index contributed by atoms with van der Waals surface area (Å²) in [7, 11) is 1.93. The number of urea groups is 1. The molecule has 2 aliphatic rings. The first-order chi connectivity index (χ1) is 13.1. The number of nitrogens with one attached hydrogen (secondary N) is 3. The molecule has 27 heavy (non-hydrogen) atoms. The highest BCUT2D eigenvalue weighted by Gasteiger charge is 2.31. The molecule has 1 saturated carbocycles. The summed E-state index contributed by atoms with van der Waals surface area (Å²) in [5, 5.41) is 9.03. The Kier molecular flexibility index (Phi) is 4.81. The van der Waals surface area contributed by atoms with Gasteiger partial charge in [0.15, 0.2) is 0 Å². The number of aromatic nitrogens is 2. The molecule has 8 heteroatoms. The number of anilines is 1. The number of carbonyl (C=O) groups excluding carboxylic acids is 2. The number of piperazine rings is 1. The quantitative estimate of drug-likeness (QED) is 0.763. The number of benzene rings is 1. The van der Waals surface area contributed by atoms with E-state index in [-0.39, 0.29) is 24.0 Å². The van der Waals surface area contributed by atoms with Crippen molar-refractivity contribution < 1.29 is 9.59 Å². The zero-order valence-electron chi connectivity index (χ0n) is 15.3. The van der Waals surface area contributed by atoms with Crippen LogP contribution in [-0.4, -0.2) is 52.1 Å². The number of aryl methyl sites for hydroxylation is 1. The number of hydrogen-bond acceptors (Lipinski definition) is 4. The average Bonchev–Trinajstić information content (AvgIpc) is 3.38. The molecule has 2 heterocycles. The van der Waals surface area contributed by atoms with Gasteiger partial charge in [-0.15, -0.1) is 0 Å². The van der Waals surface area contributed by atoms with Crippen LogP contribution in [-0.2, 0) is 7.05 Å². The van der Waals surface area contributed by atoms with E-state index in [1.54, 1.807) is 30.5 Å². The molecule has 3 N–H and O–H groups in total. The molecule has 1 saturated heterocycles. The van der Waals surface area contributed by atoms with Crippen LogP contribution < -0.4 is 16.0 Å². The van der Waals surface area contributed by atoms with Gasteiger partial charge < -0.3 is 25.4 Å². The van der Waals surface area contributed by atoms with Gasteiger partial charge >= 0.3 is 6.03 Å². The molecule has 2 aromatic rings. The number of imidazole rings is 1. The van der Waals surface area contributed by atoms with Crippen LogP contribution in [0.4, 0.5) is 10.5 Å². The predicted molar refractivity (Wildman–Crippen MR) is 101 cm³/mol. The third-order valence-corrected chi connectivity index (χ3v) is 4.94. The van der Waals surface area contributed by atoms with Crippen molar-refractivity contribution in [3.63, 3.8) is 0 Å². The SMILES string of the molecule is Cn1ccnc1C1CNCCN1C(=O)c1cccc(NC(=O)NC2CC2)c1. The lowest BCUT2D eigenvalue weighted by Gasteiger charge is -2.35. The molecule has 0 bridgehead atoms. The minimum Gasteiger partial charge on any atom is -0.336 e. The second kappa shape index (κ2) is 7.40. The summed E-state index contributed by atoms with van der Waals surface area (Å²) in [4.78, 5) is 31.4. The normalized spacial score (nSPS) is 19.6. The zero-order chi connectivity index (χ0) is 18.8. The topological polar surface area (TPSA) is 91.3 Å². The van der Waals surface area contributed by atoms with Gasteiger partial charge in [-0.25, -0.2) is 9.78 Å². The fourth-order valence-electron chi connectivity index (χ4n) is 3.35. The van der Waals surface area contributed by atoms with Crippen molar-refractivity contribution in [1.82, 2.24) is 25.1 Å². The van der Waals surface area contributed by atoms with Crippen LogP contribution >= 0.6 is 0 Å². The smallest absolute Gasteiger partial charge is 0.319 e. The highest BCUT2D eigenvalue weighted by atomic mass is 16.2. The standard InChI is InChI=1S/C19H24N6O2/c1-24-9-8-21-17(24)16-12-20-7-10-25(16)18(26)13-3-2-4-15(11-13)23-19(27)22-14-5-6-14/h2-4,8-9,11,14,16,20H,5-7,10,12H2,1H3,(H2,22,23,27). The molecule has 8 nitrogen and oxygen atoms in total. The van der Waals surface area contributed by atoms with Gasteiger partial charge in [0.1, 0.15) is 11.9 Å². The molecule has 1 aromatic heterocycles. The third kappa shape index (κ3) is 3.95. The Bertz CT molecular complexity index is 844. The summed E-state index contributed by atoms with van der Waals surface area (Å²) in [5.41, 5.74) is 1.17. The van der Waals surface area contributed by atoms with Gasteiger partial charge in [0.05, 0.1) is 0 Å². The second-order valence-electron chi connectivity index (χ2n) is 7.07. The molecule has 2 fully saturated rings. The van der Waals surface area contributed by atoms with E-state index in [4.69, 9.17) is 0 Å². The van der Waals surface area contributed by atoms with E-state index in [2.05, 4.69) is 20.9 Å². The molecule has 1 unspecified atom stereocenters. The van der Waals surface area contributed by atoms with Crippen LogP contribution in [0.25, 0.3) is 0 Å². The van der Waals surface area contributed by atoms with E-state index >= 15 is 0 Å². The largest absolute Gasteiger partial charge is 0.336 e. The summed E-state index contributed by atoms with van der Waals surface area (Å²) in [6.45, 7) is 2.02. The molecular formula is C19H24N6O2. The summed E-state index contributed by atoms with van der Waals surface area (Å²) in [5.74, 6) is 0.796. The highest BCUT2D eigenvalue weighted by Crippen LogP contribution is 2.24. The van der Waals surface area contributed by atoms with Crippen molar-refractivity contribution >= 4 is 17.6 Å². The molecule has 1 aromatic carbocycles. The molecule has 0 spiro atoms. The van der Waals surface area contributed by atoms with Gasteiger partial charge in [0.2, 0.25) is 0 Å². The van der Waals surface area contributed by atoms with E-state index in [0.29, 0.717) is 24.3 Å². The first-order valence-electron chi connectivity index (χ1n) is 9.28. The minimum atomic E-state index is -0.227. The Morgan fingerprint density at radius 1 is 1.30 bits per heavy atom. The van der Waals surface area contributed by atoms with Gasteiger partial charge in [-0.3, -0.25) is 4.79 Å². The molecule has 142 valence electrons. The van der Waals surface area contributed by atoms with Crippen LogP contribution in [0.3, 0.4) is 0 Å². The van der Waals surface area contributed by atoms with Crippen LogP contribution in [0.5, 0.6) is 0 Å².